The van der Waals surface area contributed by atoms with Crippen LogP contribution in [0.15, 0.2) is 12.7 Å². The molecule has 1 atom stereocenters. The number of hydrogen-bond donors (Lipinski definition) is 0. The van der Waals surface area contributed by atoms with Gasteiger partial charge in [0.05, 0.1) is 6.10 Å². The molecule has 0 spiro atoms. The van der Waals surface area contributed by atoms with Crippen LogP contribution in [0.2, 0.25) is 0 Å². The molecule has 0 fully saturated rings. The molecule has 26 heavy (non-hydrogen) atoms. The lowest BCUT2D eigenvalue weighted by Crippen LogP contribution is -2.44. The highest BCUT2D eigenvalue weighted by Gasteiger charge is 2.18. The Hall–Kier alpha value is -0.750. The van der Waals surface area contributed by atoms with Crippen molar-refractivity contribution in [2.45, 2.75) is 53.1 Å². The van der Waals surface area contributed by atoms with E-state index < -0.39 is 0 Å². The molecule has 0 rings (SSSR count). The number of rotatable bonds is 18. The van der Waals surface area contributed by atoms with E-state index in [1.54, 1.807) is 6.92 Å². The van der Waals surface area contributed by atoms with Gasteiger partial charge in [0.25, 0.3) is 0 Å². The molecule has 5 nitrogen and oxygen atoms in total. The number of ketones is 1. The molecule has 0 aromatic rings. The first-order valence-electron chi connectivity index (χ1n) is 10.3. The fraction of sp³-hybridized carbons (Fsp3) is 0.857. The van der Waals surface area contributed by atoms with Gasteiger partial charge in [-0.2, -0.15) is 0 Å². The smallest absolute Gasteiger partial charge is 0.131 e. The van der Waals surface area contributed by atoms with E-state index in [1.165, 1.54) is 6.42 Å². The fourth-order valence-electron chi connectivity index (χ4n) is 3.04. The third-order valence-corrected chi connectivity index (χ3v) is 4.61. The van der Waals surface area contributed by atoms with E-state index in [9.17, 15) is 4.79 Å². The third kappa shape index (κ3) is 13.5. The minimum Gasteiger partial charge on any atom is -0.376 e. The zero-order valence-electron chi connectivity index (χ0n) is 18.0. The lowest BCUT2D eigenvalue weighted by atomic mass is 10.2. The van der Waals surface area contributed by atoms with Gasteiger partial charge in [-0.15, -0.1) is 6.58 Å². The summed E-state index contributed by atoms with van der Waals surface area (Å²) >= 11 is 0. The van der Waals surface area contributed by atoms with E-state index >= 15 is 0 Å². The van der Waals surface area contributed by atoms with Crippen LogP contribution in [0.4, 0.5) is 0 Å². The molecular formula is C21H43N3O2. The molecule has 0 aliphatic heterocycles. The first-order valence-corrected chi connectivity index (χ1v) is 10.3. The normalized spacial score (nSPS) is 12.9. The Morgan fingerprint density at radius 2 is 1.73 bits per heavy atom. The van der Waals surface area contributed by atoms with Crippen LogP contribution < -0.4 is 0 Å². The third-order valence-electron chi connectivity index (χ3n) is 4.61. The minimum absolute atomic E-state index is 0.174. The summed E-state index contributed by atoms with van der Waals surface area (Å²) in [5.41, 5.74) is 0. The van der Waals surface area contributed by atoms with Crippen LogP contribution >= 0.6 is 0 Å². The van der Waals surface area contributed by atoms with E-state index in [0.29, 0.717) is 6.42 Å². The molecule has 1 unspecified atom stereocenters. The van der Waals surface area contributed by atoms with Crippen LogP contribution in [-0.2, 0) is 9.53 Å². The molecule has 154 valence electrons. The monoisotopic (exact) mass is 369 g/mol. The van der Waals surface area contributed by atoms with Crippen molar-refractivity contribution in [1.29, 1.82) is 0 Å². The average Bonchev–Trinajstić information content (AvgIpc) is 2.60. The molecule has 0 N–H and O–H groups in total. The van der Waals surface area contributed by atoms with Gasteiger partial charge in [-0.05, 0) is 46.8 Å². The number of Topliss-reactive ketones (excluding diaryl/α,β-unsaturated/α-hetero) is 1. The highest BCUT2D eigenvalue weighted by Crippen LogP contribution is 2.05. The average molecular weight is 370 g/mol. The zero-order chi connectivity index (χ0) is 19.8. The first-order chi connectivity index (χ1) is 12.5. The second-order valence-electron chi connectivity index (χ2n) is 7.10. The molecular weight excluding hydrogens is 326 g/mol. The van der Waals surface area contributed by atoms with Crippen LogP contribution in [0.5, 0.6) is 0 Å². The molecule has 0 heterocycles. The molecule has 0 aliphatic carbocycles. The Balaban J connectivity index is 4.65. The molecule has 0 saturated heterocycles. The van der Waals surface area contributed by atoms with E-state index in [0.717, 1.165) is 65.4 Å². The summed E-state index contributed by atoms with van der Waals surface area (Å²) in [6.45, 7) is 20.6. The number of ether oxygens (including phenoxy) is 1. The Labute approximate surface area is 162 Å². The van der Waals surface area contributed by atoms with Gasteiger partial charge in [-0.25, -0.2) is 0 Å². The van der Waals surface area contributed by atoms with Gasteiger partial charge in [-0.3, -0.25) is 14.6 Å². The van der Waals surface area contributed by atoms with E-state index in [-0.39, 0.29) is 11.9 Å². The van der Waals surface area contributed by atoms with E-state index in [4.69, 9.17) is 4.74 Å². The maximum Gasteiger partial charge on any atom is 0.131 e. The van der Waals surface area contributed by atoms with Crippen LogP contribution in [0.3, 0.4) is 0 Å². The van der Waals surface area contributed by atoms with Crippen molar-refractivity contribution >= 4 is 5.78 Å². The second-order valence-corrected chi connectivity index (χ2v) is 7.10. The summed E-state index contributed by atoms with van der Waals surface area (Å²) in [6, 6.07) is 0. The highest BCUT2D eigenvalue weighted by molar-refractivity contribution is 5.75. The first kappa shape index (κ1) is 25.2. The van der Waals surface area contributed by atoms with Crippen molar-refractivity contribution in [3.63, 3.8) is 0 Å². The largest absolute Gasteiger partial charge is 0.376 e. The van der Waals surface area contributed by atoms with Crippen molar-refractivity contribution in [1.82, 2.24) is 14.7 Å². The molecule has 0 aromatic heterocycles. The van der Waals surface area contributed by atoms with Crippen molar-refractivity contribution in [2.75, 3.05) is 66.0 Å². The maximum atomic E-state index is 11.4. The number of likely N-dealkylation sites (N-methyl/N-ethyl adjacent to an activating group) is 2. The molecule has 0 aliphatic rings. The van der Waals surface area contributed by atoms with E-state index in [1.807, 2.05) is 6.08 Å². The zero-order valence-corrected chi connectivity index (χ0v) is 18.0. The Morgan fingerprint density at radius 1 is 1.04 bits per heavy atom. The van der Waals surface area contributed by atoms with Crippen molar-refractivity contribution in [3.8, 4) is 0 Å². The standard InChI is InChI=1S/C21H43N3O2/c1-7-11-14-24(15-12-20(5)25)19-21(26-10-4)18-23(9-3)17-16-22(6)13-8-2/h7,21H,1,8-19H2,2-6H3. The highest BCUT2D eigenvalue weighted by atomic mass is 16.5. The Bertz CT molecular complexity index is 363. The summed E-state index contributed by atoms with van der Waals surface area (Å²) in [6.07, 6.45) is 4.86. The number of hydrogen-bond acceptors (Lipinski definition) is 5. The van der Waals surface area contributed by atoms with Crippen molar-refractivity contribution in [3.05, 3.63) is 12.7 Å². The predicted molar refractivity (Wildman–Crippen MR) is 112 cm³/mol. The van der Waals surface area contributed by atoms with Gasteiger partial charge < -0.3 is 9.64 Å². The summed E-state index contributed by atoms with van der Waals surface area (Å²) in [5.74, 6) is 0.246. The number of carbonyl (C=O) groups is 1. The fourth-order valence-corrected chi connectivity index (χ4v) is 3.04. The van der Waals surface area contributed by atoms with Gasteiger partial charge in [0.15, 0.2) is 0 Å². The Morgan fingerprint density at radius 3 is 2.27 bits per heavy atom. The van der Waals surface area contributed by atoms with Crippen LogP contribution in [0.25, 0.3) is 0 Å². The van der Waals surface area contributed by atoms with Gasteiger partial charge in [-0.1, -0.05) is 19.9 Å². The maximum absolute atomic E-state index is 11.4. The molecule has 0 bridgehead atoms. The molecule has 5 heteroatoms. The molecule has 0 saturated carbocycles. The number of carbonyl (C=O) groups excluding carboxylic acids is 1. The summed E-state index contributed by atoms with van der Waals surface area (Å²) in [4.78, 5) is 18.6. The van der Waals surface area contributed by atoms with Gasteiger partial charge in [0, 0.05) is 52.3 Å². The topological polar surface area (TPSA) is 36.0 Å². The minimum atomic E-state index is 0.174. The van der Waals surface area contributed by atoms with Crippen molar-refractivity contribution < 1.29 is 9.53 Å². The lowest BCUT2D eigenvalue weighted by molar-refractivity contribution is -0.117. The quantitative estimate of drug-likeness (QED) is 0.347. The van der Waals surface area contributed by atoms with Gasteiger partial charge in [0.1, 0.15) is 5.78 Å². The Kier molecular flexibility index (Phi) is 16.0. The lowest BCUT2D eigenvalue weighted by Gasteiger charge is -2.31. The second kappa shape index (κ2) is 16.4. The van der Waals surface area contributed by atoms with Gasteiger partial charge in [0.2, 0.25) is 0 Å². The SMILES string of the molecule is C=CCCN(CCC(C)=O)CC(CN(CC)CCN(C)CCC)OCC. The molecule has 0 radical (unpaired) electrons. The number of nitrogens with zero attached hydrogens (tertiary/aromatic N) is 3. The summed E-state index contributed by atoms with van der Waals surface area (Å²) in [7, 11) is 2.19. The summed E-state index contributed by atoms with van der Waals surface area (Å²) < 4.78 is 6.04. The van der Waals surface area contributed by atoms with Crippen LogP contribution in [0.1, 0.15) is 47.0 Å². The van der Waals surface area contributed by atoms with Gasteiger partial charge >= 0.3 is 0 Å². The van der Waals surface area contributed by atoms with Crippen LogP contribution in [0, 0.1) is 0 Å². The summed E-state index contributed by atoms with van der Waals surface area (Å²) in [5, 5.41) is 0. The molecule has 0 aromatic carbocycles. The molecule has 0 amide bonds. The van der Waals surface area contributed by atoms with Crippen molar-refractivity contribution in [2.24, 2.45) is 0 Å². The predicted octanol–water partition coefficient (Wildman–Crippen LogP) is 2.91. The van der Waals surface area contributed by atoms with E-state index in [2.05, 4.69) is 49.1 Å². The van der Waals surface area contributed by atoms with Crippen LogP contribution in [-0.4, -0.2) is 92.6 Å².